The van der Waals surface area contributed by atoms with Gasteiger partial charge in [-0.3, -0.25) is 4.79 Å². The van der Waals surface area contributed by atoms with E-state index in [0.717, 1.165) is 17.5 Å². The molecule has 2 aromatic carbocycles. The quantitative estimate of drug-likeness (QED) is 0.937. The molecule has 2 aromatic rings. The zero-order valence-corrected chi connectivity index (χ0v) is 11.9. The smallest absolute Gasteiger partial charge is 0.156 e. The van der Waals surface area contributed by atoms with Crippen LogP contribution in [0.1, 0.15) is 35.3 Å². The van der Waals surface area contributed by atoms with Gasteiger partial charge in [-0.05, 0) is 23.1 Å². The molecule has 0 fully saturated rings. The first-order valence-corrected chi connectivity index (χ1v) is 7.28. The van der Waals surface area contributed by atoms with Gasteiger partial charge in [0.15, 0.2) is 5.78 Å². The number of Topliss-reactive ketones (excluding diaryl/α,β-unsaturated/α-hetero) is 1. The van der Waals surface area contributed by atoms with Crippen LogP contribution in [0.4, 0.5) is 0 Å². The van der Waals surface area contributed by atoms with Crippen LogP contribution in [0.5, 0.6) is 0 Å². The third-order valence-electron chi connectivity index (χ3n) is 3.98. The third kappa shape index (κ3) is 3.04. The Morgan fingerprint density at radius 2 is 1.86 bits per heavy atom. The zero-order valence-electron chi connectivity index (χ0n) is 11.9. The zero-order chi connectivity index (χ0) is 14.7. The predicted molar refractivity (Wildman–Crippen MR) is 81.8 cm³/mol. The summed E-state index contributed by atoms with van der Waals surface area (Å²) in [5, 5.41) is 0. The van der Waals surface area contributed by atoms with E-state index >= 15 is 0 Å². The predicted octanol–water partition coefficient (Wildman–Crippen LogP) is 2.96. The first-order chi connectivity index (χ1) is 10.3. The molecule has 0 saturated heterocycles. The fourth-order valence-corrected chi connectivity index (χ4v) is 2.80. The second-order valence-corrected chi connectivity index (χ2v) is 5.37. The first kappa shape index (κ1) is 14.0. The summed E-state index contributed by atoms with van der Waals surface area (Å²) in [5.41, 5.74) is 9.32. The molecular weight excluding hydrogens is 262 g/mol. The molecule has 3 rings (SSSR count). The molecule has 0 saturated carbocycles. The van der Waals surface area contributed by atoms with E-state index in [0.29, 0.717) is 13.0 Å². The summed E-state index contributed by atoms with van der Waals surface area (Å²) in [6.45, 7) is 0.662. The average molecular weight is 281 g/mol. The fourth-order valence-electron chi connectivity index (χ4n) is 2.80. The molecule has 1 heterocycles. The standard InChI is InChI=1S/C18H19NO2/c19-18(14-7-2-1-3-8-14)16(20)12-17-15-9-5-4-6-13(15)10-11-21-17/h1-9,17-18H,10-12,19H2. The van der Waals surface area contributed by atoms with Crippen molar-refractivity contribution in [1.82, 2.24) is 0 Å². The molecule has 3 nitrogen and oxygen atoms in total. The van der Waals surface area contributed by atoms with Crippen LogP contribution in [0.2, 0.25) is 0 Å². The molecule has 0 aromatic heterocycles. The van der Waals surface area contributed by atoms with Crippen molar-refractivity contribution >= 4 is 5.78 Å². The van der Waals surface area contributed by atoms with E-state index in [1.54, 1.807) is 0 Å². The molecule has 2 N–H and O–H groups in total. The van der Waals surface area contributed by atoms with E-state index in [4.69, 9.17) is 10.5 Å². The van der Waals surface area contributed by atoms with Crippen LogP contribution in [0.3, 0.4) is 0 Å². The van der Waals surface area contributed by atoms with Crippen LogP contribution in [0.15, 0.2) is 54.6 Å². The lowest BCUT2D eigenvalue weighted by molar-refractivity contribution is -0.123. The van der Waals surface area contributed by atoms with Gasteiger partial charge < -0.3 is 10.5 Å². The lowest BCUT2D eigenvalue weighted by atomic mass is 9.92. The Labute approximate surface area is 124 Å². The molecule has 21 heavy (non-hydrogen) atoms. The maximum absolute atomic E-state index is 12.4. The van der Waals surface area contributed by atoms with Gasteiger partial charge >= 0.3 is 0 Å². The second-order valence-electron chi connectivity index (χ2n) is 5.37. The fraction of sp³-hybridized carbons (Fsp3) is 0.278. The van der Waals surface area contributed by atoms with Gasteiger partial charge in [-0.1, -0.05) is 54.6 Å². The van der Waals surface area contributed by atoms with E-state index in [9.17, 15) is 4.79 Å². The maximum atomic E-state index is 12.4. The number of carbonyl (C=O) groups is 1. The molecule has 0 amide bonds. The van der Waals surface area contributed by atoms with E-state index in [1.165, 1.54) is 5.56 Å². The summed E-state index contributed by atoms with van der Waals surface area (Å²) >= 11 is 0. The number of carbonyl (C=O) groups excluding carboxylic acids is 1. The highest BCUT2D eigenvalue weighted by Crippen LogP contribution is 2.31. The van der Waals surface area contributed by atoms with Crippen molar-refractivity contribution in [2.75, 3.05) is 6.61 Å². The first-order valence-electron chi connectivity index (χ1n) is 7.28. The minimum atomic E-state index is -0.580. The number of nitrogens with two attached hydrogens (primary N) is 1. The Morgan fingerprint density at radius 1 is 1.14 bits per heavy atom. The van der Waals surface area contributed by atoms with Crippen molar-refractivity contribution in [3.63, 3.8) is 0 Å². The summed E-state index contributed by atoms with van der Waals surface area (Å²) in [6.07, 6.45) is 1.07. The number of rotatable bonds is 4. The number of hydrogen-bond donors (Lipinski definition) is 1. The van der Waals surface area contributed by atoms with Crippen LogP contribution < -0.4 is 5.73 Å². The van der Waals surface area contributed by atoms with Crippen molar-refractivity contribution in [2.24, 2.45) is 5.73 Å². The van der Waals surface area contributed by atoms with Gasteiger partial charge in [0.2, 0.25) is 0 Å². The Morgan fingerprint density at radius 3 is 2.67 bits per heavy atom. The van der Waals surface area contributed by atoms with Crippen LogP contribution in [-0.4, -0.2) is 12.4 Å². The summed E-state index contributed by atoms with van der Waals surface area (Å²) < 4.78 is 5.78. The molecule has 0 bridgehead atoms. The molecule has 0 aliphatic carbocycles. The molecule has 1 aliphatic rings. The van der Waals surface area contributed by atoms with Crippen LogP contribution in [0, 0.1) is 0 Å². The van der Waals surface area contributed by atoms with Crippen molar-refractivity contribution in [2.45, 2.75) is 25.0 Å². The normalized spacial score (nSPS) is 18.8. The summed E-state index contributed by atoms with van der Waals surface area (Å²) in [5.74, 6) is 0.0166. The second kappa shape index (κ2) is 6.20. The van der Waals surface area contributed by atoms with Crippen LogP contribution >= 0.6 is 0 Å². The maximum Gasteiger partial charge on any atom is 0.156 e. The van der Waals surface area contributed by atoms with Crippen LogP contribution in [-0.2, 0) is 16.0 Å². The number of hydrogen-bond acceptors (Lipinski definition) is 3. The van der Waals surface area contributed by atoms with Gasteiger partial charge in [-0.2, -0.15) is 0 Å². The van der Waals surface area contributed by atoms with Crippen LogP contribution in [0.25, 0.3) is 0 Å². The van der Waals surface area contributed by atoms with Gasteiger partial charge in [0, 0.05) is 6.42 Å². The molecule has 0 radical (unpaired) electrons. The minimum absolute atomic E-state index is 0.0166. The Balaban J connectivity index is 1.74. The van der Waals surface area contributed by atoms with E-state index < -0.39 is 6.04 Å². The number of ether oxygens (including phenoxy) is 1. The van der Waals surface area contributed by atoms with Gasteiger partial charge in [0.25, 0.3) is 0 Å². The third-order valence-corrected chi connectivity index (χ3v) is 3.98. The van der Waals surface area contributed by atoms with Crippen molar-refractivity contribution in [3.8, 4) is 0 Å². The monoisotopic (exact) mass is 281 g/mol. The number of ketones is 1. The largest absolute Gasteiger partial charge is 0.373 e. The Bertz CT molecular complexity index is 624. The number of benzene rings is 2. The van der Waals surface area contributed by atoms with Gasteiger partial charge in [-0.15, -0.1) is 0 Å². The molecular formula is C18H19NO2. The molecule has 1 aliphatic heterocycles. The van der Waals surface area contributed by atoms with Gasteiger partial charge in [0.1, 0.15) is 0 Å². The van der Waals surface area contributed by atoms with E-state index in [1.807, 2.05) is 48.5 Å². The van der Waals surface area contributed by atoms with E-state index in [-0.39, 0.29) is 11.9 Å². The van der Waals surface area contributed by atoms with Crippen molar-refractivity contribution in [1.29, 1.82) is 0 Å². The topological polar surface area (TPSA) is 52.3 Å². The molecule has 2 unspecified atom stereocenters. The van der Waals surface area contributed by atoms with E-state index in [2.05, 4.69) is 6.07 Å². The summed E-state index contributed by atoms with van der Waals surface area (Å²) in [4.78, 5) is 12.4. The highest BCUT2D eigenvalue weighted by molar-refractivity contribution is 5.85. The lowest BCUT2D eigenvalue weighted by Crippen LogP contribution is -2.26. The minimum Gasteiger partial charge on any atom is -0.373 e. The SMILES string of the molecule is NC(C(=O)CC1OCCc2ccccc21)c1ccccc1. The molecule has 0 spiro atoms. The number of fused-ring (bicyclic) bond motifs is 1. The van der Waals surface area contributed by atoms with Crippen molar-refractivity contribution in [3.05, 3.63) is 71.3 Å². The summed E-state index contributed by atoms with van der Waals surface area (Å²) in [7, 11) is 0. The Hall–Kier alpha value is -1.97. The highest BCUT2D eigenvalue weighted by Gasteiger charge is 2.26. The molecule has 2 atom stereocenters. The molecule has 3 heteroatoms. The Kier molecular flexibility index (Phi) is 4.13. The molecule has 108 valence electrons. The average Bonchev–Trinajstić information content (AvgIpc) is 2.55. The van der Waals surface area contributed by atoms with Gasteiger partial charge in [-0.25, -0.2) is 0 Å². The van der Waals surface area contributed by atoms with Crippen molar-refractivity contribution < 1.29 is 9.53 Å². The van der Waals surface area contributed by atoms with Gasteiger partial charge in [0.05, 0.1) is 18.8 Å². The highest BCUT2D eigenvalue weighted by atomic mass is 16.5. The lowest BCUT2D eigenvalue weighted by Gasteiger charge is -2.26. The summed E-state index contributed by atoms with van der Waals surface area (Å²) in [6, 6.07) is 17.1.